The second kappa shape index (κ2) is 4.44. The Bertz CT molecular complexity index is 490. The van der Waals surface area contributed by atoms with Crippen LogP contribution in [0.15, 0.2) is 17.1 Å². The minimum Gasteiger partial charge on any atom is -0.464 e. The van der Waals surface area contributed by atoms with Crippen LogP contribution in [0.4, 0.5) is 0 Å². The lowest BCUT2D eigenvalue weighted by molar-refractivity contribution is 0.0588. The van der Waals surface area contributed by atoms with Crippen molar-refractivity contribution in [3.05, 3.63) is 34.3 Å². The molecule has 0 fully saturated rings. The third-order valence-electron chi connectivity index (χ3n) is 2.25. The summed E-state index contributed by atoms with van der Waals surface area (Å²) < 4.78 is 6.48. The van der Waals surface area contributed by atoms with Crippen LogP contribution in [0.1, 0.15) is 22.0 Å². The molecule has 2 aromatic rings. The molecule has 0 spiro atoms. The number of methoxy groups -OCH3 is 1. The maximum atomic E-state index is 11.5. The first kappa shape index (κ1) is 10.8. The maximum absolute atomic E-state index is 11.5. The predicted molar refractivity (Wildman–Crippen MR) is 59.5 cm³/mol. The van der Waals surface area contributed by atoms with Crippen molar-refractivity contribution in [2.45, 2.75) is 13.5 Å². The van der Waals surface area contributed by atoms with Gasteiger partial charge in [-0.05, 0) is 6.92 Å². The lowest BCUT2D eigenvalue weighted by Crippen LogP contribution is -2.12. The first-order chi connectivity index (χ1) is 7.72. The summed E-state index contributed by atoms with van der Waals surface area (Å²) in [4.78, 5) is 19.8. The van der Waals surface area contributed by atoms with E-state index in [0.29, 0.717) is 12.2 Å². The smallest absolute Gasteiger partial charge is 0.356 e. The lowest BCUT2D eigenvalue weighted by atomic mass is 10.4. The van der Waals surface area contributed by atoms with Gasteiger partial charge < -0.3 is 9.30 Å². The van der Waals surface area contributed by atoms with Crippen molar-refractivity contribution in [3.8, 4) is 0 Å². The molecule has 0 aromatic carbocycles. The third-order valence-corrected chi connectivity index (χ3v) is 2.89. The second-order valence-corrected chi connectivity index (χ2v) is 3.97. The average Bonchev–Trinajstić information content (AvgIpc) is 2.90. The molecule has 0 saturated heterocycles. The van der Waals surface area contributed by atoms with E-state index in [1.54, 1.807) is 10.1 Å². The molecule has 2 aromatic heterocycles. The average molecular weight is 237 g/mol. The number of esters is 1. The Morgan fingerprint density at radius 1 is 1.56 bits per heavy atom. The van der Waals surface area contributed by atoms with Crippen LogP contribution in [0.5, 0.6) is 0 Å². The molecular weight excluding hydrogens is 226 g/mol. The fraction of sp³-hybridized carbons (Fsp3) is 0.300. The Kier molecular flexibility index (Phi) is 3.00. The van der Waals surface area contributed by atoms with Gasteiger partial charge in [-0.15, -0.1) is 11.3 Å². The molecule has 84 valence electrons. The Balaban J connectivity index is 2.32. The summed E-state index contributed by atoms with van der Waals surface area (Å²) in [6.45, 7) is 2.39. The van der Waals surface area contributed by atoms with Gasteiger partial charge >= 0.3 is 5.97 Å². The van der Waals surface area contributed by atoms with E-state index >= 15 is 0 Å². The number of nitrogens with zero attached hydrogens (tertiary/aromatic N) is 3. The molecule has 0 aliphatic carbocycles. The summed E-state index contributed by atoms with van der Waals surface area (Å²) in [6.07, 6.45) is 1.52. The number of ether oxygens (including phenoxy) is 1. The number of imidazole rings is 1. The highest BCUT2D eigenvalue weighted by molar-refractivity contribution is 7.07. The van der Waals surface area contributed by atoms with Gasteiger partial charge in [0.25, 0.3) is 0 Å². The molecule has 0 bridgehead atoms. The molecule has 2 rings (SSSR count). The van der Waals surface area contributed by atoms with Gasteiger partial charge in [-0.3, -0.25) is 0 Å². The largest absolute Gasteiger partial charge is 0.464 e. The molecule has 0 aliphatic heterocycles. The molecule has 2 heterocycles. The van der Waals surface area contributed by atoms with Gasteiger partial charge in [-0.25, -0.2) is 14.8 Å². The highest BCUT2D eigenvalue weighted by atomic mass is 32.1. The van der Waals surface area contributed by atoms with Crippen LogP contribution < -0.4 is 0 Å². The SMILES string of the molecule is COC(=O)c1cnc(C)n1Cc1cscn1. The Labute approximate surface area is 96.7 Å². The third kappa shape index (κ3) is 1.96. The number of aromatic nitrogens is 3. The molecule has 0 aliphatic rings. The molecule has 0 N–H and O–H groups in total. The summed E-state index contributed by atoms with van der Waals surface area (Å²) in [5, 5.41) is 1.94. The van der Waals surface area contributed by atoms with Crippen molar-refractivity contribution in [2.75, 3.05) is 7.11 Å². The maximum Gasteiger partial charge on any atom is 0.356 e. The van der Waals surface area contributed by atoms with Crippen LogP contribution in [-0.4, -0.2) is 27.6 Å². The first-order valence-electron chi connectivity index (χ1n) is 4.70. The molecule has 5 nitrogen and oxygen atoms in total. The van der Waals surface area contributed by atoms with Crippen LogP contribution in [-0.2, 0) is 11.3 Å². The number of hydrogen-bond donors (Lipinski definition) is 0. The molecule has 0 amide bonds. The number of thiazole rings is 1. The number of carbonyl (C=O) groups excluding carboxylic acids is 1. The Hall–Kier alpha value is -1.69. The van der Waals surface area contributed by atoms with Crippen LogP contribution in [0.2, 0.25) is 0 Å². The van der Waals surface area contributed by atoms with Crippen molar-refractivity contribution in [2.24, 2.45) is 0 Å². The highest BCUT2D eigenvalue weighted by Crippen LogP contribution is 2.10. The van der Waals surface area contributed by atoms with Gasteiger partial charge in [0.2, 0.25) is 0 Å². The topological polar surface area (TPSA) is 57.0 Å². The number of hydrogen-bond acceptors (Lipinski definition) is 5. The molecule has 0 saturated carbocycles. The summed E-state index contributed by atoms with van der Waals surface area (Å²) >= 11 is 1.53. The van der Waals surface area contributed by atoms with Gasteiger partial charge in [0.15, 0.2) is 0 Å². The molecule has 0 atom stereocenters. The predicted octanol–water partition coefficient (Wildman–Crippen LogP) is 1.48. The van der Waals surface area contributed by atoms with E-state index in [0.717, 1.165) is 11.5 Å². The zero-order valence-corrected chi connectivity index (χ0v) is 9.82. The molecular formula is C10H11N3O2S. The summed E-state index contributed by atoms with van der Waals surface area (Å²) in [7, 11) is 1.36. The summed E-state index contributed by atoms with van der Waals surface area (Å²) in [5.41, 5.74) is 3.13. The van der Waals surface area contributed by atoms with Crippen molar-refractivity contribution < 1.29 is 9.53 Å². The van der Waals surface area contributed by atoms with Crippen molar-refractivity contribution in [1.29, 1.82) is 0 Å². The molecule has 0 unspecified atom stereocenters. The van der Waals surface area contributed by atoms with Crippen molar-refractivity contribution >= 4 is 17.3 Å². The fourth-order valence-corrected chi connectivity index (χ4v) is 1.96. The van der Waals surface area contributed by atoms with Crippen LogP contribution in [0.25, 0.3) is 0 Å². The minimum absolute atomic E-state index is 0.379. The van der Waals surface area contributed by atoms with E-state index in [9.17, 15) is 4.79 Å². The quantitative estimate of drug-likeness (QED) is 0.759. The Morgan fingerprint density at radius 2 is 2.38 bits per heavy atom. The lowest BCUT2D eigenvalue weighted by Gasteiger charge is -2.06. The molecule has 16 heavy (non-hydrogen) atoms. The van der Waals surface area contributed by atoms with Gasteiger partial charge in [0, 0.05) is 5.38 Å². The summed E-state index contributed by atoms with van der Waals surface area (Å²) in [5.74, 6) is 0.393. The van der Waals surface area contributed by atoms with E-state index in [4.69, 9.17) is 4.74 Å². The molecule has 0 radical (unpaired) electrons. The Morgan fingerprint density at radius 3 is 3.00 bits per heavy atom. The fourth-order valence-electron chi connectivity index (χ4n) is 1.41. The number of aryl methyl sites for hydroxylation is 1. The van der Waals surface area contributed by atoms with Crippen molar-refractivity contribution in [1.82, 2.24) is 14.5 Å². The minimum atomic E-state index is -0.379. The van der Waals surface area contributed by atoms with Gasteiger partial charge in [-0.1, -0.05) is 0 Å². The van der Waals surface area contributed by atoms with E-state index in [1.807, 2.05) is 12.3 Å². The molecule has 6 heteroatoms. The van der Waals surface area contributed by atoms with Crippen LogP contribution >= 0.6 is 11.3 Å². The number of rotatable bonds is 3. The van der Waals surface area contributed by atoms with E-state index in [2.05, 4.69) is 9.97 Å². The van der Waals surface area contributed by atoms with E-state index < -0.39 is 0 Å². The van der Waals surface area contributed by atoms with Crippen molar-refractivity contribution in [3.63, 3.8) is 0 Å². The summed E-state index contributed by atoms with van der Waals surface area (Å²) in [6, 6.07) is 0. The van der Waals surface area contributed by atoms with Gasteiger partial charge in [-0.2, -0.15) is 0 Å². The van der Waals surface area contributed by atoms with E-state index in [1.165, 1.54) is 24.6 Å². The van der Waals surface area contributed by atoms with E-state index in [-0.39, 0.29) is 5.97 Å². The van der Waals surface area contributed by atoms with Crippen LogP contribution in [0.3, 0.4) is 0 Å². The second-order valence-electron chi connectivity index (χ2n) is 3.25. The zero-order valence-electron chi connectivity index (χ0n) is 9.01. The first-order valence-corrected chi connectivity index (χ1v) is 5.64. The normalized spacial score (nSPS) is 10.4. The monoisotopic (exact) mass is 237 g/mol. The highest BCUT2D eigenvalue weighted by Gasteiger charge is 2.15. The zero-order chi connectivity index (χ0) is 11.5. The standard InChI is InChI=1S/C10H11N3O2S/c1-7-11-3-9(10(14)15-2)13(7)4-8-5-16-6-12-8/h3,5-6H,4H2,1-2H3. The van der Waals surface area contributed by atoms with Crippen LogP contribution in [0, 0.1) is 6.92 Å². The number of carbonyl (C=O) groups is 1. The van der Waals surface area contributed by atoms with Gasteiger partial charge in [0.05, 0.1) is 31.1 Å². The van der Waals surface area contributed by atoms with Gasteiger partial charge in [0.1, 0.15) is 11.5 Å².